The number of halogens is 2. The van der Waals surface area contributed by atoms with E-state index in [-0.39, 0.29) is 11.5 Å². The zero-order chi connectivity index (χ0) is 18.3. The Kier molecular flexibility index (Phi) is 4.10. The van der Waals surface area contributed by atoms with Gasteiger partial charge in [-0.05, 0) is 6.92 Å². The molecule has 136 valence electrons. The number of aryl methyl sites for hydroxylation is 1. The maximum atomic E-state index is 13.3. The Morgan fingerprint density at radius 3 is 2.96 bits per heavy atom. The number of nitrogens with one attached hydrogen (secondary N) is 1. The predicted molar refractivity (Wildman–Crippen MR) is 92.3 cm³/mol. The molecule has 0 saturated heterocycles. The molecule has 2 aromatic heterocycles. The van der Waals surface area contributed by atoms with Crippen molar-refractivity contribution >= 4 is 22.8 Å². The van der Waals surface area contributed by atoms with E-state index >= 15 is 0 Å². The van der Waals surface area contributed by atoms with Crippen molar-refractivity contribution in [3.05, 3.63) is 35.7 Å². The molecule has 0 saturated carbocycles. The van der Waals surface area contributed by atoms with Crippen LogP contribution in [0.15, 0.2) is 29.6 Å². The number of rotatable bonds is 4. The number of nitrogens with zero attached hydrogens (tertiary/aromatic N) is 2. The van der Waals surface area contributed by atoms with Gasteiger partial charge in [0.2, 0.25) is 0 Å². The number of hydrogen-bond donors (Lipinski definition) is 1. The zero-order valence-electron chi connectivity index (χ0n) is 14.0. The summed E-state index contributed by atoms with van der Waals surface area (Å²) in [7, 11) is 1.62. The number of pyridine rings is 1. The second-order valence-electron chi connectivity index (χ2n) is 5.82. The fourth-order valence-corrected chi connectivity index (χ4v) is 3.38. The predicted octanol–water partition coefficient (Wildman–Crippen LogP) is 3.93. The topological polar surface area (TPSA) is 69.3 Å². The van der Waals surface area contributed by atoms with Gasteiger partial charge in [-0.3, -0.25) is 4.98 Å². The van der Waals surface area contributed by atoms with Crippen LogP contribution in [0, 0.1) is 6.92 Å². The van der Waals surface area contributed by atoms with E-state index in [1.54, 1.807) is 19.4 Å². The van der Waals surface area contributed by atoms with Crippen LogP contribution in [-0.2, 0) is 5.75 Å². The summed E-state index contributed by atoms with van der Waals surface area (Å²) >= 11 is 1.45. The zero-order valence-corrected chi connectivity index (χ0v) is 14.8. The summed E-state index contributed by atoms with van der Waals surface area (Å²) < 4.78 is 41.6. The Morgan fingerprint density at radius 1 is 1.31 bits per heavy atom. The number of methoxy groups -OCH3 is 1. The first kappa shape index (κ1) is 16.9. The molecule has 0 radical (unpaired) electrons. The van der Waals surface area contributed by atoms with Crippen LogP contribution in [0.25, 0.3) is 11.0 Å². The normalized spacial score (nSPS) is 15.2. The van der Waals surface area contributed by atoms with Crippen molar-refractivity contribution < 1.29 is 23.0 Å². The Hall–Kier alpha value is -2.55. The van der Waals surface area contributed by atoms with E-state index in [4.69, 9.17) is 9.47 Å². The molecule has 0 bridgehead atoms. The molecular formula is C17H15F2N3O3S. The number of fused-ring (bicyclic) bond motifs is 2. The SMILES string of the molecule is COc1cc(CSc2nc3cc4c(cc3[nH]2)OCC(F)(F)O4)ncc1C. The fourth-order valence-electron chi connectivity index (χ4n) is 2.59. The van der Waals surface area contributed by atoms with Gasteiger partial charge in [-0.1, -0.05) is 11.8 Å². The molecule has 1 aliphatic rings. The molecule has 9 heteroatoms. The van der Waals surface area contributed by atoms with Crippen molar-refractivity contribution in [3.63, 3.8) is 0 Å². The lowest BCUT2D eigenvalue weighted by atomic mass is 10.2. The number of ether oxygens (including phenoxy) is 3. The Labute approximate surface area is 151 Å². The third kappa shape index (κ3) is 3.26. The van der Waals surface area contributed by atoms with Crippen LogP contribution < -0.4 is 14.2 Å². The molecule has 3 heterocycles. The van der Waals surface area contributed by atoms with Gasteiger partial charge < -0.3 is 19.2 Å². The van der Waals surface area contributed by atoms with Crippen LogP contribution in [0.3, 0.4) is 0 Å². The van der Waals surface area contributed by atoms with Crippen LogP contribution in [0.4, 0.5) is 8.78 Å². The summed E-state index contributed by atoms with van der Waals surface area (Å²) in [5.41, 5.74) is 3.03. The number of alkyl halides is 2. The van der Waals surface area contributed by atoms with E-state index in [0.29, 0.717) is 21.9 Å². The van der Waals surface area contributed by atoms with E-state index in [1.165, 1.54) is 17.8 Å². The van der Waals surface area contributed by atoms with Crippen molar-refractivity contribution in [2.24, 2.45) is 0 Å². The van der Waals surface area contributed by atoms with Crippen molar-refractivity contribution in [2.75, 3.05) is 13.7 Å². The van der Waals surface area contributed by atoms with Gasteiger partial charge in [0.1, 0.15) is 5.75 Å². The van der Waals surface area contributed by atoms with E-state index in [0.717, 1.165) is 17.0 Å². The molecule has 4 rings (SSSR count). The average molecular weight is 379 g/mol. The molecule has 0 fully saturated rings. The summed E-state index contributed by atoms with van der Waals surface area (Å²) in [6.07, 6.45) is -1.57. The van der Waals surface area contributed by atoms with E-state index in [9.17, 15) is 8.78 Å². The number of thioether (sulfide) groups is 1. The maximum Gasteiger partial charge on any atom is 0.433 e. The number of aromatic nitrogens is 3. The molecule has 0 unspecified atom stereocenters. The lowest BCUT2D eigenvalue weighted by molar-refractivity contribution is -0.208. The van der Waals surface area contributed by atoms with Crippen LogP contribution in [0.5, 0.6) is 17.2 Å². The quantitative estimate of drug-likeness (QED) is 0.693. The first-order valence-electron chi connectivity index (χ1n) is 7.79. The van der Waals surface area contributed by atoms with Gasteiger partial charge in [-0.2, -0.15) is 8.78 Å². The Balaban J connectivity index is 1.54. The minimum Gasteiger partial charge on any atom is -0.496 e. The van der Waals surface area contributed by atoms with E-state index < -0.39 is 12.7 Å². The molecule has 3 aromatic rings. The molecule has 26 heavy (non-hydrogen) atoms. The van der Waals surface area contributed by atoms with Crippen molar-refractivity contribution in [1.29, 1.82) is 0 Å². The van der Waals surface area contributed by atoms with Crippen molar-refractivity contribution in [1.82, 2.24) is 15.0 Å². The first-order valence-corrected chi connectivity index (χ1v) is 8.78. The average Bonchev–Trinajstić information content (AvgIpc) is 3.00. The molecule has 1 aromatic carbocycles. The summed E-state index contributed by atoms with van der Waals surface area (Å²) in [6.45, 7) is 1.12. The Bertz CT molecular complexity index is 977. The number of hydrogen-bond acceptors (Lipinski definition) is 6. The lowest BCUT2D eigenvalue weighted by Gasteiger charge is -2.25. The second-order valence-corrected chi connectivity index (χ2v) is 6.78. The molecule has 6 nitrogen and oxygen atoms in total. The molecule has 1 aliphatic heterocycles. The monoisotopic (exact) mass is 379 g/mol. The van der Waals surface area contributed by atoms with Gasteiger partial charge in [-0.15, -0.1) is 0 Å². The van der Waals surface area contributed by atoms with Gasteiger partial charge >= 0.3 is 6.11 Å². The summed E-state index contributed by atoms with van der Waals surface area (Å²) in [5.74, 6) is 1.62. The standard InChI is InChI=1S/C17H15F2N3O3S/c1-9-6-20-10(3-13(9)23-2)7-26-16-21-11-4-14-15(5-12(11)22-16)25-17(18,19)8-24-14/h3-6H,7-8H2,1-2H3,(H,21,22). The van der Waals surface area contributed by atoms with Gasteiger partial charge in [0.15, 0.2) is 23.3 Å². The highest BCUT2D eigenvalue weighted by atomic mass is 32.2. The highest BCUT2D eigenvalue weighted by Gasteiger charge is 2.38. The largest absolute Gasteiger partial charge is 0.496 e. The Morgan fingerprint density at radius 2 is 2.15 bits per heavy atom. The van der Waals surface area contributed by atoms with Crippen molar-refractivity contribution in [3.8, 4) is 17.2 Å². The fraction of sp³-hybridized carbons (Fsp3) is 0.294. The highest BCUT2D eigenvalue weighted by Crippen LogP contribution is 2.39. The molecule has 0 aliphatic carbocycles. The number of H-pyrrole nitrogens is 1. The van der Waals surface area contributed by atoms with Gasteiger partial charge in [0, 0.05) is 35.7 Å². The van der Waals surface area contributed by atoms with Crippen LogP contribution in [0.1, 0.15) is 11.3 Å². The smallest absolute Gasteiger partial charge is 0.433 e. The molecule has 1 N–H and O–H groups in total. The maximum absolute atomic E-state index is 13.3. The summed E-state index contributed by atoms with van der Waals surface area (Å²) in [6, 6.07) is 4.95. The third-order valence-corrected chi connectivity index (χ3v) is 4.77. The highest BCUT2D eigenvalue weighted by molar-refractivity contribution is 7.98. The molecule has 0 amide bonds. The van der Waals surface area contributed by atoms with Gasteiger partial charge in [0.05, 0.1) is 23.8 Å². The minimum absolute atomic E-state index is 0.0123. The van der Waals surface area contributed by atoms with Gasteiger partial charge in [0.25, 0.3) is 0 Å². The van der Waals surface area contributed by atoms with Crippen LogP contribution >= 0.6 is 11.8 Å². The summed E-state index contributed by atoms with van der Waals surface area (Å²) in [4.78, 5) is 11.9. The second kappa shape index (κ2) is 6.31. The van der Waals surface area contributed by atoms with Crippen LogP contribution in [0.2, 0.25) is 0 Å². The first-order chi connectivity index (χ1) is 12.4. The van der Waals surface area contributed by atoms with E-state index in [2.05, 4.69) is 19.7 Å². The molecular weight excluding hydrogens is 364 g/mol. The number of imidazole rings is 1. The summed E-state index contributed by atoms with van der Waals surface area (Å²) in [5, 5.41) is 0.649. The van der Waals surface area contributed by atoms with Crippen molar-refractivity contribution in [2.45, 2.75) is 23.9 Å². The number of benzene rings is 1. The van der Waals surface area contributed by atoms with Gasteiger partial charge in [-0.25, -0.2) is 4.98 Å². The van der Waals surface area contributed by atoms with E-state index in [1.807, 2.05) is 13.0 Å². The minimum atomic E-state index is -3.33. The third-order valence-electron chi connectivity index (χ3n) is 3.87. The molecule has 0 spiro atoms. The number of aromatic amines is 1. The lowest BCUT2D eigenvalue weighted by Crippen LogP contribution is -2.35. The molecule has 0 atom stereocenters. The van der Waals surface area contributed by atoms with Crippen LogP contribution in [-0.4, -0.2) is 34.8 Å².